The number of aromatic nitrogens is 2. The van der Waals surface area contributed by atoms with Crippen LogP contribution in [0.25, 0.3) is 21.8 Å². The third-order valence-electron chi connectivity index (χ3n) is 4.97. The molecule has 0 aliphatic rings. The summed E-state index contributed by atoms with van der Waals surface area (Å²) in [7, 11) is 2.04. The van der Waals surface area contributed by atoms with Gasteiger partial charge in [-0.2, -0.15) is 0 Å². The lowest BCUT2D eigenvalue weighted by Gasteiger charge is -2.07. The monoisotopic (exact) mass is 349 g/mol. The highest BCUT2D eigenvalue weighted by Crippen LogP contribution is 2.23. The van der Waals surface area contributed by atoms with Gasteiger partial charge in [0, 0.05) is 46.8 Å². The largest absolute Gasteiger partial charge is 0.358 e. The Balaban J connectivity index is 1.59. The molecule has 1 amide bonds. The molecule has 132 valence electrons. The smallest absolute Gasteiger partial charge is 0.253 e. The molecule has 0 radical (unpaired) electrons. The van der Waals surface area contributed by atoms with E-state index in [0.29, 0.717) is 17.5 Å². The summed E-state index contributed by atoms with van der Waals surface area (Å²) in [6.45, 7) is 4.32. The van der Waals surface area contributed by atoms with Gasteiger partial charge in [-0.3, -0.25) is 4.79 Å². The molecule has 0 saturated heterocycles. The fourth-order valence-corrected chi connectivity index (χ4v) is 3.51. The maximum Gasteiger partial charge on any atom is 0.253 e. The summed E-state index contributed by atoms with van der Waals surface area (Å²) in [5.41, 5.74) is 5.38. The van der Waals surface area contributed by atoms with Crippen LogP contribution in [0.4, 0.5) is 4.39 Å². The molecule has 4 nitrogen and oxygen atoms in total. The number of amides is 1. The number of carbonyl (C=O) groups is 1. The first kappa shape index (κ1) is 16.4. The Hall–Kier alpha value is -3.08. The Labute approximate surface area is 150 Å². The molecule has 0 saturated carbocycles. The highest BCUT2D eigenvalue weighted by molar-refractivity contribution is 6.08. The normalized spacial score (nSPS) is 11.4. The van der Waals surface area contributed by atoms with E-state index in [0.717, 1.165) is 22.2 Å². The number of benzene rings is 2. The average Bonchev–Trinajstić information content (AvgIpc) is 3.08. The Bertz CT molecular complexity index is 1150. The SMILES string of the molecule is Cc1[nH]c2ccc(F)cc2c1C(=O)NCc1ccc2c(c1)cc(C)n2C. The van der Waals surface area contributed by atoms with Crippen molar-refractivity contribution in [3.8, 4) is 0 Å². The number of aromatic amines is 1. The third-order valence-corrected chi connectivity index (χ3v) is 4.97. The van der Waals surface area contributed by atoms with E-state index in [1.54, 1.807) is 6.07 Å². The lowest BCUT2D eigenvalue weighted by Crippen LogP contribution is -2.23. The Morgan fingerprint density at radius 1 is 1.15 bits per heavy atom. The minimum absolute atomic E-state index is 0.205. The van der Waals surface area contributed by atoms with Gasteiger partial charge in [-0.05, 0) is 55.8 Å². The third kappa shape index (κ3) is 2.65. The van der Waals surface area contributed by atoms with Crippen molar-refractivity contribution in [1.82, 2.24) is 14.9 Å². The van der Waals surface area contributed by atoms with Crippen molar-refractivity contribution >= 4 is 27.7 Å². The predicted octanol–water partition coefficient (Wildman–Crippen LogP) is 4.35. The van der Waals surface area contributed by atoms with Crippen LogP contribution >= 0.6 is 0 Å². The molecule has 26 heavy (non-hydrogen) atoms. The number of carbonyl (C=O) groups excluding carboxylic acids is 1. The molecule has 2 heterocycles. The summed E-state index contributed by atoms with van der Waals surface area (Å²) in [4.78, 5) is 15.8. The van der Waals surface area contributed by atoms with Gasteiger partial charge in [0.2, 0.25) is 0 Å². The lowest BCUT2D eigenvalue weighted by atomic mass is 10.1. The number of halogens is 1. The highest BCUT2D eigenvalue weighted by atomic mass is 19.1. The zero-order valence-corrected chi connectivity index (χ0v) is 15.0. The average molecular weight is 349 g/mol. The molecule has 0 spiro atoms. The molecule has 5 heteroatoms. The molecular formula is C21H20FN3O. The van der Waals surface area contributed by atoms with Crippen LogP contribution in [0.2, 0.25) is 0 Å². The Kier molecular flexibility index (Phi) is 3.80. The molecule has 4 aromatic rings. The molecule has 0 bridgehead atoms. The second-order valence-corrected chi connectivity index (χ2v) is 6.74. The summed E-state index contributed by atoms with van der Waals surface area (Å²) in [6, 6.07) is 12.7. The number of nitrogens with one attached hydrogen (secondary N) is 2. The molecule has 0 aliphatic heterocycles. The second kappa shape index (κ2) is 6.02. The van der Waals surface area contributed by atoms with Gasteiger partial charge in [-0.25, -0.2) is 4.39 Å². The minimum Gasteiger partial charge on any atom is -0.358 e. The summed E-state index contributed by atoms with van der Waals surface area (Å²) < 4.78 is 15.7. The van der Waals surface area contributed by atoms with E-state index in [9.17, 15) is 9.18 Å². The van der Waals surface area contributed by atoms with Gasteiger partial charge in [0.25, 0.3) is 5.91 Å². The first-order valence-corrected chi connectivity index (χ1v) is 8.55. The van der Waals surface area contributed by atoms with Crippen LogP contribution in [-0.4, -0.2) is 15.5 Å². The first-order chi connectivity index (χ1) is 12.4. The van der Waals surface area contributed by atoms with Gasteiger partial charge in [0.1, 0.15) is 5.82 Å². The Morgan fingerprint density at radius 2 is 1.96 bits per heavy atom. The first-order valence-electron chi connectivity index (χ1n) is 8.55. The summed E-state index contributed by atoms with van der Waals surface area (Å²) in [6.07, 6.45) is 0. The van der Waals surface area contributed by atoms with Crippen molar-refractivity contribution in [2.24, 2.45) is 7.05 Å². The second-order valence-electron chi connectivity index (χ2n) is 6.74. The van der Waals surface area contributed by atoms with Crippen LogP contribution in [0.15, 0.2) is 42.5 Å². The van der Waals surface area contributed by atoms with Crippen molar-refractivity contribution in [2.75, 3.05) is 0 Å². The topological polar surface area (TPSA) is 49.8 Å². The molecule has 2 aromatic heterocycles. The molecule has 2 N–H and O–H groups in total. The van der Waals surface area contributed by atoms with E-state index in [-0.39, 0.29) is 11.7 Å². The van der Waals surface area contributed by atoms with Crippen LogP contribution < -0.4 is 5.32 Å². The predicted molar refractivity (Wildman–Crippen MR) is 102 cm³/mol. The number of fused-ring (bicyclic) bond motifs is 2. The van der Waals surface area contributed by atoms with Gasteiger partial charge in [-0.15, -0.1) is 0 Å². The molecule has 4 rings (SSSR count). The van der Waals surface area contributed by atoms with Gasteiger partial charge in [-0.1, -0.05) is 6.07 Å². The maximum absolute atomic E-state index is 13.6. The van der Waals surface area contributed by atoms with Crippen LogP contribution in [0.5, 0.6) is 0 Å². The van der Waals surface area contributed by atoms with Crippen LogP contribution in [0.3, 0.4) is 0 Å². The summed E-state index contributed by atoms with van der Waals surface area (Å²) >= 11 is 0. The van der Waals surface area contributed by atoms with E-state index in [1.807, 2.05) is 20.0 Å². The highest BCUT2D eigenvalue weighted by Gasteiger charge is 2.16. The van der Waals surface area contributed by atoms with E-state index in [4.69, 9.17) is 0 Å². The van der Waals surface area contributed by atoms with E-state index in [1.165, 1.54) is 23.3 Å². The zero-order valence-electron chi connectivity index (χ0n) is 15.0. The van der Waals surface area contributed by atoms with Gasteiger partial charge < -0.3 is 14.9 Å². The van der Waals surface area contributed by atoms with Crippen molar-refractivity contribution in [3.05, 3.63) is 70.8 Å². The quantitative estimate of drug-likeness (QED) is 0.568. The fourth-order valence-electron chi connectivity index (χ4n) is 3.51. The fraction of sp³-hybridized carbons (Fsp3) is 0.190. The number of aryl methyl sites for hydroxylation is 3. The van der Waals surface area contributed by atoms with Gasteiger partial charge in [0.05, 0.1) is 5.56 Å². The van der Waals surface area contributed by atoms with E-state index in [2.05, 4.69) is 40.0 Å². The molecule has 0 aliphatic carbocycles. The maximum atomic E-state index is 13.6. The van der Waals surface area contributed by atoms with Gasteiger partial charge >= 0.3 is 0 Å². The summed E-state index contributed by atoms with van der Waals surface area (Å²) in [5.74, 6) is -0.556. The van der Waals surface area contributed by atoms with Crippen molar-refractivity contribution < 1.29 is 9.18 Å². The number of hydrogen-bond acceptors (Lipinski definition) is 1. The lowest BCUT2D eigenvalue weighted by molar-refractivity contribution is 0.0952. The summed E-state index contributed by atoms with van der Waals surface area (Å²) in [5, 5.41) is 4.71. The Morgan fingerprint density at radius 3 is 2.77 bits per heavy atom. The van der Waals surface area contributed by atoms with Crippen LogP contribution in [-0.2, 0) is 13.6 Å². The van der Waals surface area contributed by atoms with Crippen molar-refractivity contribution in [1.29, 1.82) is 0 Å². The molecule has 2 aromatic carbocycles. The van der Waals surface area contributed by atoms with Gasteiger partial charge in [0.15, 0.2) is 0 Å². The molecule has 0 atom stereocenters. The van der Waals surface area contributed by atoms with E-state index < -0.39 is 0 Å². The van der Waals surface area contributed by atoms with E-state index >= 15 is 0 Å². The number of H-pyrrole nitrogens is 1. The zero-order chi connectivity index (χ0) is 18.4. The number of nitrogens with zero attached hydrogens (tertiary/aromatic N) is 1. The molecule has 0 fully saturated rings. The minimum atomic E-state index is -0.351. The molecular weight excluding hydrogens is 329 g/mol. The number of hydrogen-bond donors (Lipinski definition) is 2. The number of rotatable bonds is 3. The standard InChI is InChI=1S/C21H20FN3O/c1-12-8-15-9-14(4-7-19(15)25(12)3)11-23-21(26)20-13(2)24-18-6-5-16(22)10-17(18)20/h4-10,24H,11H2,1-3H3,(H,23,26). The molecule has 0 unspecified atom stereocenters. The van der Waals surface area contributed by atoms with Crippen molar-refractivity contribution in [2.45, 2.75) is 20.4 Å². The van der Waals surface area contributed by atoms with Crippen molar-refractivity contribution in [3.63, 3.8) is 0 Å². The van der Waals surface area contributed by atoms with Crippen LogP contribution in [0.1, 0.15) is 27.3 Å². The van der Waals surface area contributed by atoms with Crippen LogP contribution in [0, 0.1) is 19.7 Å².